The molecule has 1 N–H and O–H groups in total. The zero-order valence-corrected chi connectivity index (χ0v) is 25.3. The number of rotatable bonds is 11. The van der Waals surface area contributed by atoms with E-state index in [1.165, 1.54) is 14.2 Å². The molecule has 1 amide bonds. The number of anilines is 1. The van der Waals surface area contributed by atoms with Crippen molar-refractivity contribution in [2.45, 2.75) is 13.2 Å². The summed E-state index contributed by atoms with van der Waals surface area (Å²) in [5, 5.41) is 3.13. The Morgan fingerprint density at radius 1 is 0.652 bits per heavy atom. The summed E-state index contributed by atoms with van der Waals surface area (Å²) >= 11 is 0. The molecule has 8 nitrogen and oxygen atoms in total. The van der Waals surface area contributed by atoms with Gasteiger partial charge in [-0.3, -0.25) is 9.59 Å². The summed E-state index contributed by atoms with van der Waals surface area (Å²) < 4.78 is 29.4. The van der Waals surface area contributed by atoms with Crippen molar-refractivity contribution in [2.75, 3.05) is 19.5 Å². The smallest absolute Gasteiger partial charge is 0.256 e. The first kappa shape index (κ1) is 30.0. The number of para-hydroxylation sites is 1. The Morgan fingerprint density at radius 3 is 1.93 bits per heavy atom. The molecule has 230 valence electrons. The minimum absolute atomic E-state index is 0.00884. The summed E-state index contributed by atoms with van der Waals surface area (Å²) in [5.41, 5.74) is 2.74. The molecule has 6 rings (SSSR count). The van der Waals surface area contributed by atoms with Crippen LogP contribution in [-0.4, -0.2) is 20.1 Å². The number of carbonyl (C=O) groups is 1. The molecule has 0 aliphatic heterocycles. The van der Waals surface area contributed by atoms with Crippen LogP contribution in [0.5, 0.6) is 23.0 Å². The number of amides is 1. The van der Waals surface area contributed by atoms with Gasteiger partial charge in [0.05, 0.1) is 19.6 Å². The molecular weight excluding hydrogens is 582 g/mol. The maximum Gasteiger partial charge on any atom is 0.256 e. The van der Waals surface area contributed by atoms with Crippen LogP contribution in [-0.2, 0) is 13.2 Å². The van der Waals surface area contributed by atoms with E-state index in [-0.39, 0.29) is 29.0 Å². The largest absolute Gasteiger partial charge is 0.493 e. The lowest BCUT2D eigenvalue weighted by atomic mass is 10.1. The lowest BCUT2D eigenvalue weighted by Gasteiger charge is -2.16. The lowest BCUT2D eigenvalue weighted by Crippen LogP contribution is -2.19. The van der Waals surface area contributed by atoms with Gasteiger partial charge in [0.15, 0.2) is 28.8 Å². The second-order valence-corrected chi connectivity index (χ2v) is 10.4. The molecule has 0 unspecified atom stereocenters. The number of benzene rings is 5. The van der Waals surface area contributed by atoms with E-state index in [2.05, 4.69) is 5.32 Å². The Balaban J connectivity index is 1.41. The van der Waals surface area contributed by atoms with Crippen LogP contribution in [0.15, 0.2) is 131 Å². The minimum atomic E-state index is -0.520. The van der Waals surface area contributed by atoms with E-state index >= 15 is 0 Å². The van der Waals surface area contributed by atoms with Crippen LogP contribution >= 0.6 is 0 Å². The van der Waals surface area contributed by atoms with E-state index in [0.29, 0.717) is 46.1 Å². The highest BCUT2D eigenvalue weighted by Gasteiger charge is 2.21. The monoisotopic (exact) mass is 613 g/mol. The van der Waals surface area contributed by atoms with Crippen molar-refractivity contribution in [2.24, 2.45) is 0 Å². The summed E-state index contributed by atoms with van der Waals surface area (Å²) in [6, 6.07) is 36.5. The van der Waals surface area contributed by atoms with Gasteiger partial charge < -0.3 is 28.7 Å². The van der Waals surface area contributed by atoms with Crippen molar-refractivity contribution < 1.29 is 28.2 Å². The van der Waals surface area contributed by atoms with Gasteiger partial charge in [-0.25, -0.2) is 0 Å². The van der Waals surface area contributed by atoms with Crippen molar-refractivity contribution in [3.05, 3.63) is 148 Å². The number of methoxy groups -OCH3 is 2. The number of carbonyl (C=O) groups excluding carboxylic acids is 1. The summed E-state index contributed by atoms with van der Waals surface area (Å²) in [5.74, 6) is 1.48. The zero-order valence-electron chi connectivity index (χ0n) is 25.3. The fourth-order valence-corrected chi connectivity index (χ4v) is 4.97. The Bertz CT molecular complexity index is 2040. The normalized spacial score (nSPS) is 10.7. The third-order valence-electron chi connectivity index (χ3n) is 7.36. The molecule has 6 aromatic rings. The van der Waals surface area contributed by atoms with E-state index in [1.807, 2.05) is 60.7 Å². The first-order valence-electron chi connectivity index (χ1n) is 14.6. The SMILES string of the molecule is COc1ccc(C(=O)Nc2c(-c3ccc(OCc4ccccc4)c(OCc4ccccc4)c3)oc3ccccc3c2=O)cc1OC. The number of hydrogen-bond acceptors (Lipinski definition) is 7. The topological polar surface area (TPSA) is 96.2 Å². The van der Waals surface area contributed by atoms with Gasteiger partial charge in [-0.1, -0.05) is 72.8 Å². The van der Waals surface area contributed by atoms with Crippen LogP contribution in [0, 0.1) is 0 Å². The Kier molecular flexibility index (Phi) is 8.97. The van der Waals surface area contributed by atoms with Gasteiger partial charge >= 0.3 is 0 Å². The van der Waals surface area contributed by atoms with E-state index in [0.717, 1.165) is 11.1 Å². The van der Waals surface area contributed by atoms with Gasteiger partial charge in [0.2, 0.25) is 5.43 Å². The lowest BCUT2D eigenvalue weighted by molar-refractivity contribution is 0.102. The average molecular weight is 614 g/mol. The maximum atomic E-state index is 13.9. The Hall–Kier alpha value is -6.02. The second-order valence-electron chi connectivity index (χ2n) is 10.4. The van der Waals surface area contributed by atoms with E-state index in [1.54, 1.807) is 60.7 Å². The third-order valence-corrected chi connectivity index (χ3v) is 7.36. The van der Waals surface area contributed by atoms with E-state index < -0.39 is 5.91 Å². The Labute approximate surface area is 265 Å². The number of fused-ring (bicyclic) bond motifs is 1. The molecule has 1 aromatic heterocycles. The van der Waals surface area contributed by atoms with Gasteiger partial charge in [0, 0.05) is 11.1 Å². The first-order valence-corrected chi connectivity index (χ1v) is 14.6. The third kappa shape index (κ3) is 6.56. The van der Waals surface area contributed by atoms with Gasteiger partial charge in [-0.05, 0) is 59.7 Å². The fourth-order valence-electron chi connectivity index (χ4n) is 4.97. The zero-order chi connectivity index (χ0) is 31.9. The van der Waals surface area contributed by atoms with Crippen molar-refractivity contribution in [3.63, 3.8) is 0 Å². The molecule has 5 aromatic carbocycles. The molecule has 1 heterocycles. The highest BCUT2D eigenvalue weighted by Crippen LogP contribution is 2.37. The fraction of sp³-hybridized carbons (Fsp3) is 0.105. The molecular formula is C38H31NO7. The van der Waals surface area contributed by atoms with E-state index in [9.17, 15) is 9.59 Å². The number of nitrogens with one attached hydrogen (secondary N) is 1. The molecule has 0 saturated carbocycles. The highest BCUT2D eigenvalue weighted by atomic mass is 16.5. The van der Waals surface area contributed by atoms with Crippen LogP contribution in [0.4, 0.5) is 5.69 Å². The molecule has 0 bridgehead atoms. The highest BCUT2D eigenvalue weighted by molar-refractivity contribution is 6.07. The standard InChI is InChI=1S/C38H31NO7/c1-42-31-19-18-28(22-33(31)43-2)38(41)39-35-36(40)29-15-9-10-16-30(29)46-37(35)27-17-20-32(44-23-25-11-5-3-6-12-25)34(21-27)45-24-26-13-7-4-8-14-26/h3-22H,23-24H2,1-2H3,(H,39,41). The quantitative estimate of drug-likeness (QED) is 0.159. The molecule has 0 radical (unpaired) electrons. The molecule has 8 heteroatoms. The van der Waals surface area contributed by atoms with Crippen molar-refractivity contribution in [1.29, 1.82) is 0 Å². The molecule has 46 heavy (non-hydrogen) atoms. The second kappa shape index (κ2) is 13.7. The molecule has 0 aliphatic carbocycles. The van der Waals surface area contributed by atoms with Gasteiger partial charge in [0.25, 0.3) is 5.91 Å². The summed E-state index contributed by atoms with van der Waals surface area (Å²) in [4.78, 5) is 27.4. The minimum Gasteiger partial charge on any atom is -0.493 e. The van der Waals surface area contributed by atoms with Crippen LogP contribution in [0.3, 0.4) is 0 Å². The maximum absolute atomic E-state index is 13.9. The van der Waals surface area contributed by atoms with Gasteiger partial charge in [0.1, 0.15) is 24.5 Å². The predicted octanol–water partition coefficient (Wildman–Crippen LogP) is 7.89. The summed E-state index contributed by atoms with van der Waals surface area (Å²) in [6.07, 6.45) is 0. The van der Waals surface area contributed by atoms with Crippen LogP contribution in [0.2, 0.25) is 0 Å². The van der Waals surface area contributed by atoms with Gasteiger partial charge in [-0.15, -0.1) is 0 Å². The molecule has 0 spiro atoms. The predicted molar refractivity (Wildman–Crippen MR) is 177 cm³/mol. The molecule has 0 aliphatic rings. The number of hydrogen-bond donors (Lipinski definition) is 1. The van der Waals surface area contributed by atoms with Crippen molar-refractivity contribution in [3.8, 4) is 34.3 Å². The average Bonchev–Trinajstić information content (AvgIpc) is 3.11. The summed E-state index contributed by atoms with van der Waals surface area (Å²) in [7, 11) is 3.00. The Morgan fingerprint density at radius 2 is 1.26 bits per heavy atom. The van der Waals surface area contributed by atoms with Crippen molar-refractivity contribution in [1.82, 2.24) is 0 Å². The van der Waals surface area contributed by atoms with Gasteiger partial charge in [-0.2, -0.15) is 0 Å². The van der Waals surface area contributed by atoms with Crippen LogP contribution < -0.4 is 29.7 Å². The van der Waals surface area contributed by atoms with E-state index in [4.69, 9.17) is 23.4 Å². The first-order chi connectivity index (χ1) is 22.5. The number of ether oxygens (including phenoxy) is 4. The molecule has 0 saturated heterocycles. The van der Waals surface area contributed by atoms with Crippen LogP contribution in [0.1, 0.15) is 21.5 Å². The van der Waals surface area contributed by atoms with Crippen LogP contribution in [0.25, 0.3) is 22.3 Å². The molecule has 0 atom stereocenters. The van der Waals surface area contributed by atoms with Crippen molar-refractivity contribution >= 4 is 22.6 Å². The molecule has 0 fully saturated rings. The summed E-state index contributed by atoms with van der Waals surface area (Å²) in [6.45, 7) is 0.621.